The quantitative estimate of drug-likeness (QED) is 0.0581. The van der Waals surface area contributed by atoms with Crippen LogP contribution in [0.5, 0.6) is 0 Å². The topological polar surface area (TPSA) is 141 Å². The summed E-state index contributed by atoms with van der Waals surface area (Å²) in [6.45, 7) is 0.835. The van der Waals surface area contributed by atoms with Gasteiger partial charge >= 0.3 is 0 Å². The number of unbranched alkanes of at least 4 members (excludes halogenated alkanes) is 3. The molecule has 1 aliphatic rings. The smallest absolute Gasteiger partial charge is 0.224 e. The van der Waals surface area contributed by atoms with E-state index in [1.807, 2.05) is 72.8 Å². The largest absolute Gasteiger partial charge is 0.397 e. The van der Waals surface area contributed by atoms with Gasteiger partial charge in [0.2, 0.25) is 11.8 Å². The summed E-state index contributed by atoms with van der Waals surface area (Å²) in [5.41, 5.74) is 12.7. The second-order valence-electron chi connectivity index (χ2n) is 13.5. The Hall–Kier alpha value is -4.71. The number of nitrogens with two attached hydrogens (primary N) is 1. The number of aliphatic hydroxyl groups is 1. The van der Waals surface area contributed by atoms with Crippen LogP contribution in [0.2, 0.25) is 10.3 Å². The van der Waals surface area contributed by atoms with Crippen molar-refractivity contribution in [1.82, 2.24) is 14.9 Å². The number of rotatable bonds is 16. The first-order valence-corrected chi connectivity index (χ1v) is 19.0. The summed E-state index contributed by atoms with van der Waals surface area (Å²) >= 11 is 12.5. The fourth-order valence-corrected chi connectivity index (χ4v) is 6.80. The Morgan fingerprint density at radius 3 is 2.26 bits per heavy atom. The van der Waals surface area contributed by atoms with Crippen LogP contribution in [0.3, 0.4) is 0 Å². The zero-order chi connectivity index (χ0) is 37.9. The number of benzene rings is 4. The number of nitrogens with zero attached hydrogens (tertiary/aromatic N) is 2. The van der Waals surface area contributed by atoms with Crippen molar-refractivity contribution in [1.29, 1.82) is 0 Å². The minimum atomic E-state index is -0.655. The predicted molar refractivity (Wildman–Crippen MR) is 212 cm³/mol. The van der Waals surface area contributed by atoms with Gasteiger partial charge in [0, 0.05) is 31.4 Å². The van der Waals surface area contributed by atoms with Crippen molar-refractivity contribution in [2.75, 3.05) is 11.1 Å². The van der Waals surface area contributed by atoms with Gasteiger partial charge < -0.3 is 35.5 Å². The molecule has 1 aliphatic heterocycles. The second-order valence-corrected chi connectivity index (χ2v) is 14.2. The number of anilines is 2. The van der Waals surface area contributed by atoms with E-state index in [-0.39, 0.29) is 35.8 Å². The molecular weight excluding hydrogens is 725 g/mol. The van der Waals surface area contributed by atoms with Gasteiger partial charge in [0.15, 0.2) is 11.4 Å². The fraction of sp³-hybridized carbons (Fsp3) is 0.310. The van der Waals surface area contributed by atoms with E-state index in [2.05, 4.69) is 27.8 Å². The molecule has 1 fully saturated rings. The van der Waals surface area contributed by atoms with Crippen LogP contribution in [-0.2, 0) is 38.8 Å². The Morgan fingerprint density at radius 1 is 0.815 bits per heavy atom. The number of aliphatic hydroxyl groups excluding tert-OH is 1. The third-order valence-electron chi connectivity index (χ3n) is 9.45. The van der Waals surface area contributed by atoms with Crippen LogP contribution in [0.1, 0.15) is 79.6 Å². The average molecular weight is 771 g/mol. The normalized spacial score (nSPS) is 16.9. The van der Waals surface area contributed by atoms with Crippen molar-refractivity contribution in [3.63, 3.8) is 0 Å². The zero-order valence-electron chi connectivity index (χ0n) is 29.9. The van der Waals surface area contributed by atoms with E-state index in [9.17, 15) is 14.7 Å². The number of amides is 2. The molecule has 0 spiro atoms. The number of imidazole rings is 1. The third-order valence-corrected chi connectivity index (χ3v) is 10.2. The Morgan fingerprint density at radius 2 is 1.54 bits per heavy atom. The highest BCUT2D eigenvalue weighted by Gasteiger charge is 2.33. The highest BCUT2D eigenvalue weighted by atomic mass is 35.5. The van der Waals surface area contributed by atoms with E-state index < -0.39 is 6.29 Å². The molecule has 4 aromatic carbocycles. The SMILES string of the molecule is Nc1ccccc1NC(=O)CCCCCCC(=O)NCc1cccc(-c2cccc(C3OC(Cn4cnc(Cl)c4Cl)CC(c4ccc(CO)cc4)O3)c2)c1. The molecule has 2 heterocycles. The van der Waals surface area contributed by atoms with Crippen LogP contribution in [-0.4, -0.2) is 32.6 Å². The summed E-state index contributed by atoms with van der Waals surface area (Å²) < 4.78 is 14.9. The summed E-state index contributed by atoms with van der Waals surface area (Å²) in [7, 11) is 0. The number of aromatic nitrogens is 2. The molecule has 3 atom stereocenters. The van der Waals surface area contributed by atoms with Crippen LogP contribution >= 0.6 is 23.2 Å². The first kappa shape index (κ1) is 39.0. The molecule has 12 heteroatoms. The van der Waals surface area contributed by atoms with Gasteiger partial charge in [-0.2, -0.15) is 0 Å². The van der Waals surface area contributed by atoms with Crippen molar-refractivity contribution < 1.29 is 24.2 Å². The fourth-order valence-electron chi connectivity index (χ4n) is 6.49. The number of hydrogen-bond acceptors (Lipinski definition) is 7. The summed E-state index contributed by atoms with van der Waals surface area (Å²) in [5.74, 6) is -0.0572. The summed E-state index contributed by atoms with van der Waals surface area (Å²) in [6, 6.07) is 31.2. The van der Waals surface area contributed by atoms with Gasteiger partial charge in [-0.15, -0.1) is 0 Å². The van der Waals surface area contributed by atoms with Gasteiger partial charge in [0.25, 0.3) is 0 Å². The molecule has 3 unspecified atom stereocenters. The number of para-hydroxylation sites is 2. The summed E-state index contributed by atoms with van der Waals surface area (Å²) in [6.07, 6.45) is 5.12. The highest BCUT2D eigenvalue weighted by molar-refractivity contribution is 6.40. The third kappa shape index (κ3) is 10.7. The number of carbonyl (C=O) groups excluding carboxylic acids is 2. The molecule has 5 N–H and O–H groups in total. The highest BCUT2D eigenvalue weighted by Crippen LogP contribution is 2.40. The molecule has 282 valence electrons. The lowest BCUT2D eigenvalue weighted by Crippen LogP contribution is -2.32. The minimum Gasteiger partial charge on any atom is -0.397 e. The van der Waals surface area contributed by atoms with Crippen molar-refractivity contribution in [2.45, 2.75) is 83.1 Å². The van der Waals surface area contributed by atoms with Crippen molar-refractivity contribution in [3.05, 3.63) is 136 Å². The molecule has 5 aromatic rings. The molecule has 1 aromatic heterocycles. The maximum atomic E-state index is 12.6. The van der Waals surface area contributed by atoms with Gasteiger partial charge in [-0.1, -0.05) is 109 Å². The molecule has 0 saturated carbocycles. The number of hydrogen-bond donors (Lipinski definition) is 4. The molecule has 10 nitrogen and oxygen atoms in total. The van der Waals surface area contributed by atoms with Crippen LogP contribution < -0.4 is 16.4 Å². The Kier molecular flexibility index (Phi) is 13.8. The maximum absolute atomic E-state index is 12.6. The summed E-state index contributed by atoms with van der Waals surface area (Å²) in [4.78, 5) is 29.0. The Labute approximate surface area is 325 Å². The van der Waals surface area contributed by atoms with Crippen molar-refractivity contribution >= 4 is 46.4 Å². The number of nitrogen functional groups attached to an aromatic ring is 1. The monoisotopic (exact) mass is 769 g/mol. The molecule has 54 heavy (non-hydrogen) atoms. The molecule has 0 radical (unpaired) electrons. The molecule has 0 bridgehead atoms. The van der Waals surface area contributed by atoms with E-state index in [0.29, 0.717) is 48.9 Å². The summed E-state index contributed by atoms with van der Waals surface area (Å²) in [5, 5.41) is 16.0. The van der Waals surface area contributed by atoms with E-state index >= 15 is 0 Å². The van der Waals surface area contributed by atoms with E-state index in [1.54, 1.807) is 23.0 Å². The lowest BCUT2D eigenvalue weighted by atomic mass is 9.98. The second kappa shape index (κ2) is 19.1. The van der Waals surface area contributed by atoms with Gasteiger partial charge in [-0.05, 0) is 64.9 Å². The molecule has 2 amide bonds. The van der Waals surface area contributed by atoms with E-state index in [4.69, 9.17) is 38.4 Å². The first-order valence-electron chi connectivity index (χ1n) is 18.2. The van der Waals surface area contributed by atoms with Gasteiger partial charge in [-0.3, -0.25) is 9.59 Å². The number of nitrogens with one attached hydrogen (secondary N) is 2. The number of carbonyl (C=O) groups is 2. The number of ether oxygens (including phenoxy) is 2. The molecular formula is C42H45Cl2N5O5. The Bertz CT molecular complexity index is 2020. The minimum absolute atomic E-state index is 0.000605. The lowest BCUT2D eigenvalue weighted by molar-refractivity contribution is -0.252. The predicted octanol–water partition coefficient (Wildman–Crippen LogP) is 8.77. The van der Waals surface area contributed by atoms with Crippen LogP contribution in [0.4, 0.5) is 11.4 Å². The zero-order valence-corrected chi connectivity index (χ0v) is 31.4. The van der Waals surface area contributed by atoms with Crippen LogP contribution in [0.25, 0.3) is 11.1 Å². The first-order chi connectivity index (χ1) is 26.2. The average Bonchev–Trinajstić information content (AvgIpc) is 3.51. The standard InChI is InChI=1S/C42H45Cl2N5O5/c43-40-41(44)49(27-47-40)25-34-23-37(30-19-17-28(26-50)18-20-30)54-42(53-34)33-12-8-11-32(22-33)31-10-7-9-29(21-31)24-46-38(51)15-3-1-2-4-16-39(52)48-36-14-6-5-13-35(36)45/h5-14,17-22,27,34,37,42,50H,1-4,15-16,23-26,45H2,(H,46,51)(H,48,52). The van der Waals surface area contributed by atoms with E-state index in [0.717, 1.165) is 59.1 Å². The molecule has 6 rings (SSSR count). The van der Waals surface area contributed by atoms with Crippen molar-refractivity contribution in [2.24, 2.45) is 0 Å². The van der Waals surface area contributed by atoms with Gasteiger partial charge in [0.1, 0.15) is 5.15 Å². The van der Waals surface area contributed by atoms with Gasteiger partial charge in [-0.25, -0.2) is 4.98 Å². The van der Waals surface area contributed by atoms with Crippen LogP contribution in [0.15, 0.2) is 103 Å². The lowest BCUT2D eigenvalue weighted by Gasteiger charge is -2.36. The van der Waals surface area contributed by atoms with E-state index in [1.165, 1.54) is 0 Å². The Balaban J connectivity index is 1.02. The maximum Gasteiger partial charge on any atom is 0.224 e. The van der Waals surface area contributed by atoms with Crippen LogP contribution in [0, 0.1) is 0 Å². The number of halogens is 2. The van der Waals surface area contributed by atoms with Crippen molar-refractivity contribution in [3.8, 4) is 11.1 Å². The van der Waals surface area contributed by atoms with Gasteiger partial charge in [0.05, 0.1) is 43.1 Å². The molecule has 0 aliphatic carbocycles. The molecule has 1 saturated heterocycles.